The van der Waals surface area contributed by atoms with Gasteiger partial charge in [0.15, 0.2) is 0 Å². The first-order valence-corrected chi connectivity index (χ1v) is 6.27. The molecule has 2 heteroatoms. The molecule has 92 valence electrons. The largest absolute Gasteiger partial charge is 0.384 e. The van der Waals surface area contributed by atoms with Gasteiger partial charge in [-0.05, 0) is 31.9 Å². The van der Waals surface area contributed by atoms with Gasteiger partial charge in [0, 0.05) is 12.6 Å². The minimum absolute atomic E-state index is 0.197. The quantitative estimate of drug-likeness (QED) is 0.805. The van der Waals surface area contributed by atoms with Crippen LogP contribution in [0.3, 0.4) is 0 Å². The third-order valence-electron chi connectivity index (χ3n) is 3.81. The van der Waals surface area contributed by atoms with Crippen molar-refractivity contribution in [1.82, 2.24) is 4.90 Å². The Hall–Kier alpha value is -1.12. The SMILES string of the molecule is C=CCN(C)C1CCCC1(O)c1ccccc1. The van der Waals surface area contributed by atoms with E-state index in [1.54, 1.807) is 0 Å². The molecule has 1 N–H and O–H groups in total. The Morgan fingerprint density at radius 3 is 2.82 bits per heavy atom. The van der Waals surface area contributed by atoms with E-state index in [1.807, 2.05) is 36.4 Å². The molecule has 2 unspecified atom stereocenters. The summed E-state index contributed by atoms with van der Waals surface area (Å²) in [7, 11) is 2.06. The number of rotatable bonds is 4. The van der Waals surface area contributed by atoms with Gasteiger partial charge in [0.2, 0.25) is 0 Å². The molecule has 0 spiro atoms. The molecule has 2 nitrogen and oxygen atoms in total. The second-order valence-electron chi connectivity index (χ2n) is 4.93. The Labute approximate surface area is 104 Å². The zero-order chi connectivity index (χ0) is 12.3. The Morgan fingerprint density at radius 1 is 1.47 bits per heavy atom. The van der Waals surface area contributed by atoms with E-state index in [9.17, 15) is 5.11 Å². The molecule has 17 heavy (non-hydrogen) atoms. The average Bonchev–Trinajstić information content (AvgIpc) is 2.74. The van der Waals surface area contributed by atoms with Crippen LogP contribution in [0.15, 0.2) is 43.0 Å². The summed E-state index contributed by atoms with van der Waals surface area (Å²) in [5, 5.41) is 10.9. The Kier molecular flexibility index (Phi) is 3.65. The third kappa shape index (κ3) is 2.28. The molecule has 1 aliphatic rings. The van der Waals surface area contributed by atoms with Crippen LogP contribution in [0.25, 0.3) is 0 Å². The molecule has 0 amide bonds. The molecule has 0 saturated heterocycles. The Bertz CT molecular complexity index is 376. The topological polar surface area (TPSA) is 23.5 Å². The van der Waals surface area contributed by atoms with E-state index < -0.39 is 5.60 Å². The van der Waals surface area contributed by atoms with Crippen molar-refractivity contribution in [2.24, 2.45) is 0 Å². The maximum absolute atomic E-state index is 10.9. The molecule has 0 bridgehead atoms. The molecule has 2 rings (SSSR count). The number of likely N-dealkylation sites (N-methyl/N-ethyl adjacent to an activating group) is 1. The Morgan fingerprint density at radius 2 is 2.18 bits per heavy atom. The lowest BCUT2D eigenvalue weighted by Gasteiger charge is -2.36. The van der Waals surface area contributed by atoms with Gasteiger partial charge < -0.3 is 5.11 Å². The summed E-state index contributed by atoms with van der Waals surface area (Å²) in [6, 6.07) is 10.2. The number of hydrogen-bond donors (Lipinski definition) is 1. The molecule has 1 aromatic rings. The molecule has 1 saturated carbocycles. The van der Waals surface area contributed by atoms with Crippen molar-refractivity contribution in [3.63, 3.8) is 0 Å². The van der Waals surface area contributed by atoms with Crippen molar-refractivity contribution >= 4 is 0 Å². The lowest BCUT2D eigenvalue weighted by atomic mass is 9.88. The van der Waals surface area contributed by atoms with Gasteiger partial charge in [-0.25, -0.2) is 0 Å². The average molecular weight is 231 g/mol. The van der Waals surface area contributed by atoms with Gasteiger partial charge in [-0.2, -0.15) is 0 Å². The van der Waals surface area contributed by atoms with Gasteiger partial charge in [0.1, 0.15) is 5.60 Å². The normalized spacial score (nSPS) is 28.5. The molecule has 1 aromatic carbocycles. The zero-order valence-electron chi connectivity index (χ0n) is 10.5. The number of nitrogens with zero attached hydrogens (tertiary/aromatic N) is 1. The van der Waals surface area contributed by atoms with Gasteiger partial charge in [-0.15, -0.1) is 6.58 Å². The Balaban J connectivity index is 2.26. The van der Waals surface area contributed by atoms with Crippen LogP contribution in [-0.4, -0.2) is 29.6 Å². The predicted molar refractivity (Wildman–Crippen MR) is 70.8 cm³/mol. The van der Waals surface area contributed by atoms with Crippen LogP contribution in [-0.2, 0) is 5.60 Å². The van der Waals surface area contributed by atoms with Gasteiger partial charge in [0.05, 0.1) is 0 Å². The molecule has 1 fully saturated rings. The maximum atomic E-state index is 10.9. The fraction of sp³-hybridized carbons (Fsp3) is 0.467. The first kappa shape index (κ1) is 12.3. The summed E-state index contributed by atoms with van der Waals surface area (Å²) >= 11 is 0. The van der Waals surface area contributed by atoms with Crippen LogP contribution in [0.5, 0.6) is 0 Å². The van der Waals surface area contributed by atoms with E-state index in [1.165, 1.54) is 0 Å². The summed E-state index contributed by atoms with van der Waals surface area (Å²) in [6.45, 7) is 4.59. The van der Waals surface area contributed by atoms with E-state index in [-0.39, 0.29) is 6.04 Å². The van der Waals surface area contributed by atoms with Gasteiger partial charge in [0.25, 0.3) is 0 Å². The van der Waals surface area contributed by atoms with E-state index in [4.69, 9.17) is 0 Å². The lowest BCUT2D eigenvalue weighted by molar-refractivity contribution is -0.0217. The summed E-state index contributed by atoms with van der Waals surface area (Å²) < 4.78 is 0. The van der Waals surface area contributed by atoms with E-state index in [0.29, 0.717) is 0 Å². The monoisotopic (exact) mass is 231 g/mol. The van der Waals surface area contributed by atoms with Crippen molar-refractivity contribution in [2.75, 3.05) is 13.6 Å². The van der Waals surface area contributed by atoms with Crippen molar-refractivity contribution in [3.05, 3.63) is 48.6 Å². The molecule has 2 atom stereocenters. The molecule has 0 aliphatic heterocycles. The van der Waals surface area contributed by atoms with Crippen LogP contribution in [0.2, 0.25) is 0 Å². The molecular formula is C15H21NO. The zero-order valence-corrected chi connectivity index (χ0v) is 10.5. The fourth-order valence-electron chi connectivity index (χ4n) is 2.95. The third-order valence-corrected chi connectivity index (χ3v) is 3.81. The first-order valence-electron chi connectivity index (χ1n) is 6.27. The predicted octanol–water partition coefficient (Wildman–Crippen LogP) is 2.54. The molecular weight excluding hydrogens is 210 g/mol. The highest BCUT2D eigenvalue weighted by atomic mass is 16.3. The smallest absolute Gasteiger partial charge is 0.105 e. The van der Waals surface area contributed by atoms with Crippen molar-refractivity contribution in [3.8, 4) is 0 Å². The maximum Gasteiger partial charge on any atom is 0.105 e. The van der Waals surface area contributed by atoms with Crippen LogP contribution < -0.4 is 0 Å². The lowest BCUT2D eigenvalue weighted by Crippen LogP contribution is -2.45. The highest BCUT2D eigenvalue weighted by molar-refractivity contribution is 5.26. The highest BCUT2D eigenvalue weighted by Crippen LogP contribution is 2.41. The molecule has 0 aromatic heterocycles. The van der Waals surface area contributed by atoms with Crippen molar-refractivity contribution < 1.29 is 5.11 Å². The van der Waals surface area contributed by atoms with E-state index in [2.05, 4.69) is 18.5 Å². The summed E-state index contributed by atoms with van der Waals surface area (Å²) in [5.74, 6) is 0. The van der Waals surface area contributed by atoms with Crippen LogP contribution in [0, 0.1) is 0 Å². The minimum atomic E-state index is -0.695. The second kappa shape index (κ2) is 5.03. The van der Waals surface area contributed by atoms with Crippen LogP contribution in [0.4, 0.5) is 0 Å². The second-order valence-corrected chi connectivity index (χ2v) is 4.93. The summed E-state index contributed by atoms with van der Waals surface area (Å²) in [5.41, 5.74) is 0.345. The molecule has 0 radical (unpaired) electrons. The van der Waals surface area contributed by atoms with E-state index >= 15 is 0 Å². The van der Waals surface area contributed by atoms with Crippen LogP contribution in [0.1, 0.15) is 24.8 Å². The van der Waals surface area contributed by atoms with Gasteiger partial charge in [-0.1, -0.05) is 36.4 Å². The number of aliphatic hydroxyl groups is 1. The summed E-state index contributed by atoms with van der Waals surface area (Å²) in [4.78, 5) is 2.20. The van der Waals surface area contributed by atoms with Crippen LogP contribution >= 0.6 is 0 Å². The van der Waals surface area contributed by atoms with Gasteiger partial charge in [-0.3, -0.25) is 4.90 Å². The standard InChI is InChI=1S/C15H21NO/c1-3-12-16(2)14-10-7-11-15(14,17)13-8-5-4-6-9-13/h3-6,8-9,14,17H,1,7,10-12H2,2H3. The molecule has 0 heterocycles. The van der Waals surface area contributed by atoms with E-state index in [0.717, 1.165) is 31.4 Å². The minimum Gasteiger partial charge on any atom is -0.384 e. The van der Waals surface area contributed by atoms with Crippen molar-refractivity contribution in [2.45, 2.75) is 30.9 Å². The van der Waals surface area contributed by atoms with Crippen molar-refractivity contribution in [1.29, 1.82) is 0 Å². The first-order chi connectivity index (χ1) is 8.18. The fourth-order valence-corrected chi connectivity index (χ4v) is 2.95. The number of benzene rings is 1. The highest BCUT2D eigenvalue weighted by Gasteiger charge is 2.44. The van der Waals surface area contributed by atoms with Gasteiger partial charge >= 0.3 is 0 Å². The summed E-state index contributed by atoms with van der Waals surface area (Å²) in [6.07, 6.45) is 4.88. The molecule has 1 aliphatic carbocycles. The number of hydrogen-bond acceptors (Lipinski definition) is 2.